The summed E-state index contributed by atoms with van der Waals surface area (Å²) in [6.07, 6.45) is 0. The Morgan fingerprint density at radius 2 is 2.20 bits per heavy atom. The van der Waals surface area contributed by atoms with E-state index in [9.17, 15) is 9.18 Å². The van der Waals surface area contributed by atoms with Crippen LogP contribution in [-0.4, -0.2) is 31.1 Å². The fraction of sp³-hybridized carbons (Fsp3) is 0.533. The van der Waals surface area contributed by atoms with Crippen LogP contribution in [0.4, 0.5) is 4.39 Å². The zero-order chi connectivity index (χ0) is 14.7. The smallest absolute Gasteiger partial charge is 0.310 e. The average molecular weight is 280 g/mol. The van der Waals surface area contributed by atoms with Crippen molar-refractivity contribution in [1.29, 1.82) is 0 Å². The van der Waals surface area contributed by atoms with Crippen molar-refractivity contribution in [3.05, 3.63) is 35.1 Å². The van der Waals surface area contributed by atoms with Gasteiger partial charge in [0.2, 0.25) is 0 Å². The van der Waals surface area contributed by atoms with E-state index in [0.717, 1.165) is 17.7 Å². The van der Waals surface area contributed by atoms with Gasteiger partial charge in [0, 0.05) is 26.2 Å². The maximum Gasteiger partial charge on any atom is 0.310 e. The lowest BCUT2D eigenvalue weighted by Crippen LogP contribution is -2.25. The molecule has 0 bridgehead atoms. The second-order valence-electron chi connectivity index (χ2n) is 5.42. The Labute approximate surface area is 118 Å². The lowest BCUT2D eigenvalue weighted by molar-refractivity contribution is -0.146. The Morgan fingerprint density at radius 3 is 2.85 bits per heavy atom. The number of carbonyl (C=O) groups excluding carboxylic acids is 1. The molecule has 0 spiro atoms. The molecule has 1 aliphatic heterocycles. The van der Waals surface area contributed by atoms with Gasteiger partial charge in [-0.3, -0.25) is 9.69 Å². The lowest BCUT2D eigenvalue weighted by atomic mass is 9.99. The van der Waals surface area contributed by atoms with Gasteiger partial charge in [-0.25, -0.2) is 4.39 Å². The lowest BCUT2D eigenvalue weighted by Gasteiger charge is -2.17. The molecule has 1 aromatic rings. The molecule has 1 aromatic carbocycles. The van der Waals surface area contributed by atoms with E-state index in [2.05, 4.69) is 4.90 Å². The van der Waals surface area contributed by atoms with Crippen molar-refractivity contribution in [3.8, 4) is 0 Å². The van der Waals surface area contributed by atoms with Crippen LogP contribution < -0.4 is 5.73 Å². The van der Waals surface area contributed by atoms with Crippen LogP contribution in [0.2, 0.25) is 0 Å². The minimum Gasteiger partial charge on any atom is -0.469 e. The molecular weight excluding hydrogens is 259 g/mol. The molecular formula is C15H21FN2O2. The summed E-state index contributed by atoms with van der Waals surface area (Å²) >= 11 is 0. The quantitative estimate of drug-likeness (QED) is 0.850. The molecule has 1 saturated heterocycles. The number of rotatable bonds is 4. The molecule has 1 fully saturated rings. The molecule has 5 heteroatoms. The second-order valence-corrected chi connectivity index (χ2v) is 5.42. The van der Waals surface area contributed by atoms with Crippen LogP contribution in [0.1, 0.15) is 18.1 Å². The van der Waals surface area contributed by atoms with Gasteiger partial charge in [0.25, 0.3) is 0 Å². The Morgan fingerprint density at radius 1 is 1.45 bits per heavy atom. The largest absolute Gasteiger partial charge is 0.469 e. The minimum atomic E-state index is -0.256. The zero-order valence-electron chi connectivity index (χ0n) is 11.9. The van der Waals surface area contributed by atoms with Crippen molar-refractivity contribution in [1.82, 2.24) is 4.90 Å². The van der Waals surface area contributed by atoms with Gasteiger partial charge in [0.1, 0.15) is 5.82 Å². The van der Waals surface area contributed by atoms with Crippen LogP contribution in [0.3, 0.4) is 0 Å². The molecule has 0 radical (unpaired) electrons. The number of benzene rings is 1. The first-order chi connectivity index (χ1) is 9.55. The molecule has 1 aliphatic rings. The molecule has 1 heterocycles. The Kier molecular flexibility index (Phi) is 4.73. The first-order valence-corrected chi connectivity index (χ1v) is 6.82. The second kappa shape index (κ2) is 6.33. The van der Waals surface area contributed by atoms with Gasteiger partial charge in [-0.2, -0.15) is 0 Å². The number of carbonyl (C=O) groups is 1. The maximum atomic E-state index is 13.4. The van der Waals surface area contributed by atoms with E-state index < -0.39 is 0 Å². The monoisotopic (exact) mass is 280 g/mol. The molecule has 110 valence electrons. The highest BCUT2D eigenvalue weighted by Gasteiger charge is 2.35. The zero-order valence-corrected chi connectivity index (χ0v) is 11.9. The van der Waals surface area contributed by atoms with Crippen LogP contribution in [0.25, 0.3) is 0 Å². The predicted octanol–water partition coefficient (Wildman–Crippen LogP) is 1.53. The summed E-state index contributed by atoms with van der Waals surface area (Å²) in [6, 6.07) is 4.68. The van der Waals surface area contributed by atoms with Crippen molar-refractivity contribution < 1.29 is 13.9 Å². The van der Waals surface area contributed by atoms with Crippen molar-refractivity contribution in [2.24, 2.45) is 17.6 Å². The van der Waals surface area contributed by atoms with Crippen LogP contribution in [0.5, 0.6) is 0 Å². The number of hydrogen-bond acceptors (Lipinski definition) is 4. The molecule has 20 heavy (non-hydrogen) atoms. The van der Waals surface area contributed by atoms with E-state index in [1.54, 1.807) is 6.07 Å². The Hall–Kier alpha value is -1.46. The van der Waals surface area contributed by atoms with Gasteiger partial charge in [0.05, 0.1) is 13.0 Å². The molecule has 2 N–H and O–H groups in total. The number of likely N-dealkylation sites (tertiary alicyclic amines) is 1. The third-order valence-electron chi connectivity index (χ3n) is 3.97. The van der Waals surface area contributed by atoms with E-state index in [4.69, 9.17) is 10.5 Å². The highest BCUT2D eigenvalue weighted by molar-refractivity contribution is 5.73. The summed E-state index contributed by atoms with van der Waals surface area (Å²) in [7, 11) is 1.41. The molecule has 2 unspecified atom stereocenters. The van der Waals surface area contributed by atoms with Gasteiger partial charge in [-0.05, 0) is 29.2 Å². The van der Waals surface area contributed by atoms with Crippen LogP contribution >= 0.6 is 0 Å². The van der Waals surface area contributed by atoms with Gasteiger partial charge in [0.15, 0.2) is 0 Å². The van der Waals surface area contributed by atoms with Gasteiger partial charge in [-0.15, -0.1) is 0 Å². The topological polar surface area (TPSA) is 55.6 Å². The highest BCUT2D eigenvalue weighted by atomic mass is 19.1. The minimum absolute atomic E-state index is 0.102. The summed E-state index contributed by atoms with van der Waals surface area (Å²) in [5.41, 5.74) is 7.52. The van der Waals surface area contributed by atoms with Crippen LogP contribution in [-0.2, 0) is 22.6 Å². The summed E-state index contributed by atoms with van der Waals surface area (Å²) in [5.74, 6) is -0.278. The molecule has 0 saturated carbocycles. The first-order valence-electron chi connectivity index (χ1n) is 6.82. The number of hydrogen-bond donors (Lipinski definition) is 1. The molecule has 2 rings (SSSR count). The summed E-state index contributed by atoms with van der Waals surface area (Å²) in [4.78, 5) is 13.8. The number of halogens is 1. The van der Waals surface area contributed by atoms with Crippen molar-refractivity contribution >= 4 is 5.97 Å². The molecule has 4 nitrogen and oxygen atoms in total. The van der Waals surface area contributed by atoms with Crippen molar-refractivity contribution in [3.63, 3.8) is 0 Å². The number of ether oxygens (including phenoxy) is 1. The van der Waals surface area contributed by atoms with Crippen molar-refractivity contribution in [2.45, 2.75) is 20.0 Å². The van der Waals surface area contributed by atoms with Crippen LogP contribution in [0.15, 0.2) is 18.2 Å². The normalized spacial score (nSPS) is 23.0. The highest BCUT2D eigenvalue weighted by Crippen LogP contribution is 2.26. The number of esters is 1. The SMILES string of the molecule is COC(=O)C1CN(Cc2cc(F)ccc2CN)CC1C. The van der Waals surface area contributed by atoms with Gasteiger partial charge in [-0.1, -0.05) is 13.0 Å². The fourth-order valence-electron chi connectivity index (χ4n) is 2.84. The summed E-state index contributed by atoms with van der Waals surface area (Å²) in [5, 5.41) is 0. The number of nitrogens with two attached hydrogens (primary N) is 1. The summed E-state index contributed by atoms with van der Waals surface area (Å²) in [6.45, 7) is 4.49. The number of nitrogens with zero attached hydrogens (tertiary/aromatic N) is 1. The van der Waals surface area contributed by atoms with E-state index in [0.29, 0.717) is 19.6 Å². The Bertz CT molecular complexity index is 493. The third kappa shape index (κ3) is 3.16. The van der Waals surface area contributed by atoms with E-state index in [-0.39, 0.29) is 23.6 Å². The standard InChI is InChI=1S/C15H21FN2O2/c1-10-7-18(9-14(10)15(19)20-2)8-12-5-13(16)4-3-11(12)6-17/h3-5,10,14H,6-9,17H2,1-2H3. The molecule has 0 amide bonds. The predicted molar refractivity (Wildman–Crippen MR) is 74.2 cm³/mol. The van der Waals surface area contributed by atoms with Crippen molar-refractivity contribution in [2.75, 3.05) is 20.2 Å². The van der Waals surface area contributed by atoms with Crippen LogP contribution in [0, 0.1) is 17.7 Å². The maximum absolute atomic E-state index is 13.4. The fourth-order valence-corrected chi connectivity index (χ4v) is 2.84. The van der Waals surface area contributed by atoms with E-state index in [1.165, 1.54) is 19.2 Å². The Balaban J connectivity index is 2.08. The van der Waals surface area contributed by atoms with E-state index in [1.807, 2.05) is 6.92 Å². The average Bonchev–Trinajstić information content (AvgIpc) is 2.79. The molecule has 0 aromatic heterocycles. The third-order valence-corrected chi connectivity index (χ3v) is 3.97. The summed E-state index contributed by atoms with van der Waals surface area (Å²) < 4.78 is 18.2. The molecule has 0 aliphatic carbocycles. The van der Waals surface area contributed by atoms with Gasteiger partial charge < -0.3 is 10.5 Å². The van der Waals surface area contributed by atoms with Gasteiger partial charge >= 0.3 is 5.97 Å². The van der Waals surface area contributed by atoms with E-state index >= 15 is 0 Å². The first kappa shape index (κ1) is 14.9. The molecule has 2 atom stereocenters. The number of methoxy groups -OCH3 is 1.